The van der Waals surface area contributed by atoms with Gasteiger partial charge >= 0.3 is 0 Å². The number of aromatic nitrogens is 1. The Hall–Kier alpha value is -0.960. The molecule has 0 aromatic carbocycles. The van der Waals surface area contributed by atoms with Crippen LogP contribution in [0.4, 0.5) is 4.39 Å². The highest BCUT2D eigenvalue weighted by Gasteiger charge is 2.34. The van der Waals surface area contributed by atoms with Gasteiger partial charge in [0.25, 0.3) is 0 Å². The number of hydrogen-bond donors (Lipinski definition) is 1. The Kier molecular flexibility index (Phi) is 3.00. The lowest BCUT2D eigenvalue weighted by atomic mass is 9.70. The van der Waals surface area contributed by atoms with Crippen LogP contribution in [0.15, 0.2) is 18.3 Å². The normalized spacial score (nSPS) is 20.1. The Morgan fingerprint density at radius 3 is 2.67 bits per heavy atom. The van der Waals surface area contributed by atoms with E-state index < -0.39 is 0 Å². The van der Waals surface area contributed by atoms with Crippen molar-refractivity contribution in [3.63, 3.8) is 0 Å². The molecule has 1 aliphatic rings. The summed E-state index contributed by atoms with van der Waals surface area (Å²) in [5, 5.41) is 0. The average molecular weight is 208 g/mol. The molecule has 0 saturated heterocycles. The fraction of sp³-hybridized carbons (Fsp3) is 0.583. The number of nitrogens with zero attached hydrogens (tertiary/aromatic N) is 1. The summed E-state index contributed by atoms with van der Waals surface area (Å²) in [7, 11) is 0. The number of rotatable bonds is 2. The second kappa shape index (κ2) is 4.27. The van der Waals surface area contributed by atoms with Crippen LogP contribution < -0.4 is 5.73 Å². The van der Waals surface area contributed by atoms with E-state index in [1.54, 1.807) is 6.07 Å². The first kappa shape index (κ1) is 10.6. The Morgan fingerprint density at radius 2 is 2.07 bits per heavy atom. The van der Waals surface area contributed by atoms with E-state index in [1.165, 1.54) is 12.6 Å². The molecule has 0 atom stereocenters. The maximum atomic E-state index is 13.6. The first-order valence-electron chi connectivity index (χ1n) is 5.60. The van der Waals surface area contributed by atoms with Crippen molar-refractivity contribution in [1.29, 1.82) is 0 Å². The van der Waals surface area contributed by atoms with Crippen LogP contribution in [0.1, 0.15) is 37.7 Å². The van der Waals surface area contributed by atoms with Crippen LogP contribution >= 0.6 is 0 Å². The van der Waals surface area contributed by atoms with Crippen molar-refractivity contribution in [3.05, 3.63) is 29.8 Å². The van der Waals surface area contributed by atoms with Gasteiger partial charge in [-0.15, -0.1) is 0 Å². The molecule has 0 bridgehead atoms. The Morgan fingerprint density at radius 1 is 1.33 bits per heavy atom. The van der Waals surface area contributed by atoms with E-state index in [0.717, 1.165) is 25.7 Å². The van der Waals surface area contributed by atoms with E-state index >= 15 is 0 Å². The molecule has 2 N–H and O–H groups in total. The molecule has 1 saturated carbocycles. The van der Waals surface area contributed by atoms with E-state index in [4.69, 9.17) is 5.73 Å². The minimum atomic E-state index is -0.343. The molecule has 0 aliphatic heterocycles. The molecule has 3 heteroatoms. The van der Waals surface area contributed by atoms with Gasteiger partial charge in [0.05, 0.1) is 0 Å². The maximum absolute atomic E-state index is 13.6. The molecule has 0 spiro atoms. The summed E-state index contributed by atoms with van der Waals surface area (Å²) in [4.78, 5) is 3.73. The lowest BCUT2D eigenvalue weighted by molar-refractivity contribution is 0.289. The van der Waals surface area contributed by atoms with Crippen molar-refractivity contribution in [2.75, 3.05) is 6.54 Å². The summed E-state index contributed by atoms with van der Waals surface area (Å²) in [5.41, 5.74) is 6.40. The third-order valence-electron chi connectivity index (χ3n) is 3.53. The van der Waals surface area contributed by atoms with E-state index in [2.05, 4.69) is 4.98 Å². The molecule has 0 amide bonds. The molecule has 82 valence electrons. The van der Waals surface area contributed by atoms with Gasteiger partial charge in [-0.2, -0.15) is 4.39 Å². The van der Waals surface area contributed by atoms with Gasteiger partial charge < -0.3 is 5.73 Å². The minimum absolute atomic E-state index is 0.156. The molecule has 2 rings (SSSR count). The van der Waals surface area contributed by atoms with Gasteiger partial charge in [-0.05, 0) is 18.9 Å². The number of halogens is 1. The van der Waals surface area contributed by atoms with Gasteiger partial charge in [-0.1, -0.05) is 25.3 Å². The minimum Gasteiger partial charge on any atom is -0.330 e. The van der Waals surface area contributed by atoms with Crippen molar-refractivity contribution in [2.45, 2.75) is 37.5 Å². The molecule has 0 unspecified atom stereocenters. The lowest BCUT2D eigenvalue weighted by Crippen LogP contribution is -2.38. The highest BCUT2D eigenvalue weighted by molar-refractivity contribution is 5.24. The van der Waals surface area contributed by atoms with Crippen molar-refractivity contribution < 1.29 is 4.39 Å². The van der Waals surface area contributed by atoms with E-state index in [9.17, 15) is 4.39 Å². The summed E-state index contributed by atoms with van der Waals surface area (Å²) in [6.07, 6.45) is 7.00. The summed E-state index contributed by atoms with van der Waals surface area (Å²) >= 11 is 0. The van der Waals surface area contributed by atoms with Crippen LogP contribution in [0.3, 0.4) is 0 Å². The number of pyridine rings is 1. The molecule has 15 heavy (non-hydrogen) atoms. The number of nitrogens with two attached hydrogens (primary N) is 1. The van der Waals surface area contributed by atoms with E-state index in [1.807, 2.05) is 6.07 Å². The molecule has 2 nitrogen and oxygen atoms in total. The third kappa shape index (κ3) is 1.88. The van der Waals surface area contributed by atoms with Gasteiger partial charge in [0, 0.05) is 23.7 Å². The lowest BCUT2D eigenvalue weighted by Gasteiger charge is -2.36. The fourth-order valence-corrected chi connectivity index (χ4v) is 2.59. The van der Waals surface area contributed by atoms with Crippen molar-refractivity contribution in [3.8, 4) is 0 Å². The maximum Gasteiger partial charge on any atom is 0.216 e. The van der Waals surface area contributed by atoms with E-state index in [-0.39, 0.29) is 11.4 Å². The second-order valence-corrected chi connectivity index (χ2v) is 4.39. The summed E-state index contributed by atoms with van der Waals surface area (Å²) in [5.74, 6) is -0.343. The van der Waals surface area contributed by atoms with Crippen molar-refractivity contribution in [1.82, 2.24) is 4.98 Å². The first-order valence-corrected chi connectivity index (χ1v) is 5.60. The molecule has 1 aliphatic carbocycles. The average Bonchev–Trinajstić information content (AvgIpc) is 2.30. The predicted molar refractivity (Wildman–Crippen MR) is 58.0 cm³/mol. The first-order chi connectivity index (χ1) is 7.28. The summed E-state index contributed by atoms with van der Waals surface area (Å²) < 4.78 is 13.6. The molecule has 1 aromatic rings. The van der Waals surface area contributed by atoms with Crippen LogP contribution in [-0.2, 0) is 5.41 Å². The SMILES string of the molecule is NCC1(c2cccnc2F)CCCCC1. The van der Waals surface area contributed by atoms with E-state index in [0.29, 0.717) is 12.1 Å². The quantitative estimate of drug-likeness (QED) is 0.758. The fourth-order valence-electron chi connectivity index (χ4n) is 2.59. The molecule has 0 radical (unpaired) electrons. The second-order valence-electron chi connectivity index (χ2n) is 4.39. The van der Waals surface area contributed by atoms with Gasteiger partial charge in [0.2, 0.25) is 5.95 Å². The van der Waals surface area contributed by atoms with Crippen LogP contribution in [0.5, 0.6) is 0 Å². The topological polar surface area (TPSA) is 38.9 Å². The zero-order valence-electron chi connectivity index (χ0n) is 8.88. The van der Waals surface area contributed by atoms with Crippen LogP contribution in [0.25, 0.3) is 0 Å². The van der Waals surface area contributed by atoms with Gasteiger partial charge in [-0.25, -0.2) is 4.98 Å². The Labute approximate surface area is 89.7 Å². The molecule has 1 heterocycles. The standard InChI is InChI=1S/C12H17FN2/c13-11-10(5-4-8-15-11)12(9-14)6-2-1-3-7-12/h4-5,8H,1-3,6-7,9,14H2. The Balaban J connectivity index is 2.36. The largest absolute Gasteiger partial charge is 0.330 e. The highest BCUT2D eigenvalue weighted by Crippen LogP contribution is 2.39. The van der Waals surface area contributed by atoms with Crippen LogP contribution in [0.2, 0.25) is 0 Å². The Bertz CT molecular complexity index is 332. The monoisotopic (exact) mass is 208 g/mol. The molecule has 1 fully saturated rings. The summed E-state index contributed by atoms with van der Waals surface area (Å²) in [6.45, 7) is 0.523. The van der Waals surface area contributed by atoms with Gasteiger partial charge in [0.15, 0.2) is 0 Å². The van der Waals surface area contributed by atoms with Crippen molar-refractivity contribution in [2.24, 2.45) is 5.73 Å². The smallest absolute Gasteiger partial charge is 0.216 e. The zero-order valence-corrected chi connectivity index (χ0v) is 8.88. The molecular formula is C12H17FN2. The zero-order chi connectivity index (χ0) is 10.7. The third-order valence-corrected chi connectivity index (χ3v) is 3.53. The van der Waals surface area contributed by atoms with Crippen molar-refractivity contribution >= 4 is 0 Å². The van der Waals surface area contributed by atoms with Crippen LogP contribution in [0, 0.1) is 5.95 Å². The van der Waals surface area contributed by atoms with Gasteiger partial charge in [0.1, 0.15) is 0 Å². The van der Waals surface area contributed by atoms with Crippen LogP contribution in [-0.4, -0.2) is 11.5 Å². The molecular weight excluding hydrogens is 191 g/mol. The molecule has 1 aromatic heterocycles. The van der Waals surface area contributed by atoms with Gasteiger partial charge in [-0.3, -0.25) is 0 Å². The summed E-state index contributed by atoms with van der Waals surface area (Å²) in [6, 6.07) is 3.63. The number of hydrogen-bond acceptors (Lipinski definition) is 2. The highest BCUT2D eigenvalue weighted by atomic mass is 19.1. The predicted octanol–water partition coefficient (Wildman–Crippen LogP) is 2.38.